The molecule has 0 aliphatic heterocycles. The zero-order valence-corrected chi connectivity index (χ0v) is 10.9. The van der Waals surface area contributed by atoms with Crippen molar-refractivity contribution in [2.24, 2.45) is 0 Å². The maximum absolute atomic E-state index is 13.7. The Kier molecular flexibility index (Phi) is 3.98. The molecule has 2 aromatic rings. The molecule has 1 heterocycles. The molecule has 0 atom stereocenters. The molecule has 2 N–H and O–H groups in total. The lowest BCUT2D eigenvalue weighted by Crippen LogP contribution is -2.09. The number of anilines is 1. The van der Waals surface area contributed by atoms with Crippen molar-refractivity contribution in [2.45, 2.75) is 0 Å². The molecule has 1 aromatic carbocycles. The first kappa shape index (κ1) is 15.7. The summed E-state index contributed by atoms with van der Waals surface area (Å²) in [6.45, 7) is 0. The van der Waals surface area contributed by atoms with Crippen LogP contribution in [0.1, 0.15) is 10.4 Å². The molecule has 4 nitrogen and oxygen atoms in total. The molecular formula is C13H7F5N2O2. The Bertz CT molecular complexity index is 751. The van der Waals surface area contributed by atoms with Crippen LogP contribution in [-0.4, -0.2) is 18.1 Å². The number of ether oxygens (including phenoxy) is 1. The molecule has 2 rings (SSSR count). The Morgan fingerprint density at radius 3 is 2.05 bits per heavy atom. The average Bonchev–Trinajstić information content (AvgIpc) is 2.52. The Labute approximate surface area is 120 Å². The molecule has 9 heteroatoms. The van der Waals surface area contributed by atoms with Crippen LogP contribution in [-0.2, 0) is 4.74 Å². The molecule has 0 aliphatic carbocycles. The highest BCUT2D eigenvalue weighted by Crippen LogP contribution is 2.31. The Balaban J connectivity index is 2.76. The van der Waals surface area contributed by atoms with E-state index in [1.807, 2.05) is 0 Å². The third kappa shape index (κ3) is 2.34. The summed E-state index contributed by atoms with van der Waals surface area (Å²) >= 11 is 0. The van der Waals surface area contributed by atoms with Gasteiger partial charge in [0, 0.05) is 0 Å². The van der Waals surface area contributed by atoms with Crippen LogP contribution in [0.25, 0.3) is 11.3 Å². The van der Waals surface area contributed by atoms with Gasteiger partial charge in [-0.15, -0.1) is 0 Å². The number of methoxy groups -OCH3 is 1. The van der Waals surface area contributed by atoms with E-state index in [4.69, 9.17) is 5.73 Å². The summed E-state index contributed by atoms with van der Waals surface area (Å²) in [5, 5.41) is 0. The summed E-state index contributed by atoms with van der Waals surface area (Å²) in [5.41, 5.74) is 3.03. The number of benzene rings is 1. The van der Waals surface area contributed by atoms with E-state index in [0.29, 0.717) is 0 Å². The van der Waals surface area contributed by atoms with Gasteiger partial charge in [-0.05, 0) is 6.07 Å². The standard InChI is InChI=1S/C13H7F5N2O2/c1-22-13(21)4-2-6(20-3-5(4)19)7-8(14)10(16)12(18)11(17)9(7)15/h2-3H,19H2,1H3. The van der Waals surface area contributed by atoms with Crippen molar-refractivity contribution < 1.29 is 31.5 Å². The predicted octanol–water partition coefficient (Wildman–Crippen LogP) is 2.81. The number of hydrogen-bond donors (Lipinski definition) is 1. The van der Waals surface area contributed by atoms with Gasteiger partial charge in [-0.1, -0.05) is 0 Å². The molecule has 1 aromatic heterocycles. The smallest absolute Gasteiger partial charge is 0.340 e. The highest BCUT2D eigenvalue weighted by Gasteiger charge is 2.28. The van der Waals surface area contributed by atoms with E-state index < -0.39 is 46.3 Å². The first-order chi connectivity index (χ1) is 10.3. The van der Waals surface area contributed by atoms with Gasteiger partial charge in [-0.2, -0.15) is 0 Å². The minimum Gasteiger partial charge on any atom is -0.465 e. The molecule has 0 unspecified atom stereocenters. The van der Waals surface area contributed by atoms with Crippen molar-refractivity contribution in [2.75, 3.05) is 12.8 Å². The molecule has 0 radical (unpaired) electrons. The normalized spacial score (nSPS) is 10.6. The third-order valence-corrected chi connectivity index (χ3v) is 2.81. The number of rotatable bonds is 2. The van der Waals surface area contributed by atoms with Gasteiger partial charge in [0.05, 0.1) is 35.8 Å². The van der Waals surface area contributed by atoms with Gasteiger partial charge in [0.15, 0.2) is 23.3 Å². The summed E-state index contributed by atoms with van der Waals surface area (Å²) in [5.74, 6) is -11.6. The maximum Gasteiger partial charge on any atom is 0.340 e. The van der Waals surface area contributed by atoms with Crippen molar-refractivity contribution in [1.82, 2.24) is 4.98 Å². The van der Waals surface area contributed by atoms with Gasteiger partial charge in [-0.3, -0.25) is 4.98 Å². The van der Waals surface area contributed by atoms with Crippen molar-refractivity contribution in [1.29, 1.82) is 0 Å². The SMILES string of the molecule is COC(=O)c1cc(-c2c(F)c(F)c(F)c(F)c2F)ncc1N. The van der Waals surface area contributed by atoms with Gasteiger partial charge < -0.3 is 10.5 Å². The fourth-order valence-corrected chi connectivity index (χ4v) is 1.72. The minimum absolute atomic E-state index is 0.181. The van der Waals surface area contributed by atoms with E-state index in [9.17, 15) is 26.7 Å². The first-order valence-electron chi connectivity index (χ1n) is 5.65. The van der Waals surface area contributed by atoms with E-state index in [1.165, 1.54) is 0 Å². The Morgan fingerprint density at radius 2 is 1.55 bits per heavy atom. The second kappa shape index (κ2) is 5.58. The van der Waals surface area contributed by atoms with Crippen LogP contribution in [0.15, 0.2) is 12.3 Å². The highest BCUT2D eigenvalue weighted by molar-refractivity contribution is 5.96. The Morgan fingerprint density at radius 1 is 1.05 bits per heavy atom. The maximum atomic E-state index is 13.7. The topological polar surface area (TPSA) is 65.2 Å². The second-order valence-electron chi connectivity index (χ2n) is 4.09. The molecule has 0 fully saturated rings. The minimum atomic E-state index is -2.29. The summed E-state index contributed by atoms with van der Waals surface area (Å²) in [6, 6.07) is 0.777. The van der Waals surface area contributed by atoms with Crippen molar-refractivity contribution in [3.05, 3.63) is 46.9 Å². The molecule has 0 bridgehead atoms. The average molecular weight is 318 g/mol. The highest BCUT2D eigenvalue weighted by atomic mass is 19.2. The molecule has 0 saturated carbocycles. The van der Waals surface area contributed by atoms with Crippen LogP contribution in [0.2, 0.25) is 0 Å². The molecule has 22 heavy (non-hydrogen) atoms. The molecular weight excluding hydrogens is 311 g/mol. The van der Waals surface area contributed by atoms with Gasteiger partial charge in [0.25, 0.3) is 0 Å². The van der Waals surface area contributed by atoms with Crippen LogP contribution in [0.4, 0.5) is 27.6 Å². The molecule has 0 aliphatic rings. The van der Waals surface area contributed by atoms with Crippen LogP contribution in [0, 0.1) is 29.1 Å². The van der Waals surface area contributed by atoms with E-state index in [-0.39, 0.29) is 11.3 Å². The van der Waals surface area contributed by atoms with Gasteiger partial charge in [-0.25, -0.2) is 26.7 Å². The van der Waals surface area contributed by atoms with Gasteiger partial charge in [0.1, 0.15) is 0 Å². The summed E-state index contributed by atoms with van der Waals surface area (Å²) in [6.07, 6.45) is 0.847. The van der Waals surface area contributed by atoms with E-state index >= 15 is 0 Å². The number of carbonyl (C=O) groups excluding carboxylic acids is 1. The largest absolute Gasteiger partial charge is 0.465 e. The lowest BCUT2D eigenvalue weighted by Gasteiger charge is -2.10. The number of esters is 1. The number of halogens is 5. The quantitative estimate of drug-likeness (QED) is 0.400. The fraction of sp³-hybridized carbons (Fsp3) is 0.0769. The lowest BCUT2D eigenvalue weighted by atomic mass is 10.1. The number of nitrogens with two attached hydrogens (primary N) is 1. The van der Waals surface area contributed by atoms with Crippen LogP contribution >= 0.6 is 0 Å². The van der Waals surface area contributed by atoms with Crippen LogP contribution in [0.5, 0.6) is 0 Å². The van der Waals surface area contributed by atoms with Gasteiger partial charge >= 0.3 is 5.97 Å². The zero-order chi connectivity index (χ0) is 16.6. The number of pyridine rings is 1. The van der Waals surface area contributed by atoms with Crippen molar-refractivity contribution >= 4 is 11.7 Å². The molecule has 0 amide bonds. The molecule has 116 valence electrons. The number of nitrogen functional groups attached to an aromatic ring is 1. The fourth-order valence-electron chi connectivity index (χ4n) is 1.72. The van der Waals surface area contributed by atoms with Crippen molar-refractivity contribution in [3.63, 3.8) is 0 Å². The molecule has 0 saturated heterocycles. The predicted molar refractivity (Wildman–Crippen MR) is 65.2 cm³/mol. The first-order valence-corrected chi connectivity index (χ1v) is 5.65. The Hall–Kier alpha value is -2.71. The van der Waals surface area contributed by atoms with Crippen molar-refractivity contribution in [3.8, 4) is 11.3 Å². The summed E-state index contributed by atoms with van der Waals surface area (Å²) in [7, 11) is 1.03. The van der Waals surface area contributed by atoms with Gasteiger partial charge in [0.2, 0.25) is 5.82 Å². The zero-order valence-electron chi connectivity index (χ0n) is 10.9. The third-order valence-electron chi connectivity index (χ3n) is 2.81. The van der Waals surface area contributed by atoms with E-state index in [0.717, 1.165) is 19.4 Å². The molecule has 0 spiro atoms. The summed E-state index contributed by atoms with van der Waals surface area (Å²) in [4.78, 5) is 14.9. The van der Waals surface area contributed by atoms with Crippen LogP contribution in [0.3, 0.4) is 0 Å². The summed E-state index contributed by atoms with van der Waals surface area (Å²) < 4.78 is 71.2. The van der Waals surface area contributed by atoms with E-state index in [1.54, 1.807) is 0 Å². The second-order valence-corrected chi connectivity index (χ2v) is 4.09. The number of aromatic nitrogens is 1. The van der Waals surface area contributed by atoms with Crippen LogP contribution < -0.4 is 5.73 Å². The lowest BCUT2D eigenvalue weighted by molar-refractivity contribution is 0.0602. The monoisotopic (exact) mass is 318 g/mol. The number of hydrogen-bond acceptors (Lipinski definition) is 4. The van der Waals surface area contributed by atoms with E-state index in [2.05, 4.69) is 9.72 Å². The number of nitrogens with zero attached hydrogens (tertiary/aromatic N) is 1. The number of carbonyl (C=O) groups is 1.